The third-order valence-corrected chi connectivity index (χ3v) is 5.02. The number of carbonyl (C=O) groups is 1. The van der Waals surface area contributed by atoms with E-state index in [-0.39, 0.29) is 11.9 Å². The molecular weight excluding hydrogens is 358 g/mol. The highest BCUT2D eigenvalue weighted by Gasteiger charge is 2.25. The third kappa shape index (κ3) is 4.04. The van der Waals surface area contributed by atoms with Crippen molar-refractivity contribution in [2.45, 2.75) is 31.9 Å². The van der Waals surface area contributed by atoms with Crippen molar-refractivity contribution in [3.63, 3.8) is 0 Å². The summed E-state index contributed by atoms with van der Waals surface area (Å²) in [5, 5.41) is 3.10. The summed E-state index contributed by atoms with van der Waals surface area (Å²) in [6.45, 7) is 2.87. The van der Waals surface area contributed by atoms with Gasteiger partial charge in [-0.1, -0.05) is 0 Å². The number of piperidine rings is 1. The zero-order valence-electron chi connectivity index (χ0n) is 16.3. The van der Waals surface area contributed by atoms with Gasteiger partial charge in [0.15, 0.2) is 0 Å². The minimum Gasteiger partial charge on any atom is -0.376 e. The summed E-state index contributed by atoms with van der Waals surface area (Å²) in [7, 11) is 3.73. The van der Waals surface area contributed by atoms with E-state index in [0.29, 0.717) is 31.3 Å². The molecule has 0 aromatic carbocycles. The molecule has 28 heavy (non-hydrogen) atoms. The SMILES string of the molecule is CN(C)c1ncc(C(=O)NC2CCCN(c3ncc4c(n3)CCOC4)C2)cn1. The molecule has 2 aromatic rings. The Balaban J connectivity index is 1.40. The number of fused-ring (bicyclic) bond motifs is 1. The number of rotatable bonds is 4. The highest BCUT2D eigenvalue weighted by Crippen LogP contribution is 2.20. The molecule has 2 aliphatic rings. The molecular formula is C19H25N7O2. The highest BCUT2D eigenvalue weighted by molar-refractivity contribution is 5.93. The number of amides is 1. The molecule has 1 unspecified atom stereocenters. The number of anilines is 2. The van der Waals surface area contributed by atoms with Gasteiger partial charge in [-0.3, -0.25) is 4.79 Å². The summed E-state index contributed by atoms with van der Waals surface area (Å²) >= 11 is 0. The van der Waals surface area contributed by atoms with Crippen LogP contribution in [0, 0.1) is 0 Å². The molecule has 0 bridgehead atoms. The first-order chi connectivity index (χ1) is 13.6. The van der Waals surface area contributed by atoms with E-state index in [9.17, 15) is 4.79 Å². The number of aromatic nitrogens is 4. The normalized spacial score (nSPS) is 19.1. The summed E-state index contributed by atoms with van der Waals surface area (Å²) in [5.41, 5.74) is 2.60. The minimum atomic E-state index is -0.152. The number of nitrogens with one attached hydrogen (secondary N) is 1. The van der Waals surface area contributed by atoms with Gasteiger partial charge in [-0.15, -0.1) is 0 Å². The molecule has 2 aromatic heterocycles. The largest absolute Gasteiger partial charge is 0.376 e. The fourth-order valence-electron chi connectivity index (χ4n) is 3.49. The zero-order valence-corrected chi connectivity index (χ0v) is 16.3. The van der Waals surface area contributed by atoms with Crippen LogP contribution in [0.2, 0.25) is 0 Å². The van der Waals surface area contributed by atoms with Crippen molar-refractivity contribution in [2.24, 2.45) is 0 Å². The first kappa shape index (κ1) is 18.5. The average Bonchev–Trinajstić information content (AvgIpc) is 2.73. The van der Waals surface area contributed by atoms with Crippen LogP contribution in [0.1, 0.15) is 34.5 Å². The van der Waals surface area contributed by atoms with Gasteiger partial charge in [0.25, 0.3) is 5.91 Å². The van der Waals surface area contributed by atoms with Crippen molar-refractivity contribution in [2.75, 3.05) is 43.6 Å². The summed E-state index contributed by atoms with van der Waals surface area (Å²) < 4.78 is 5.45. The molecule has 1 atom stereocenters. The Hall–Kier alpha value is -2.81. The summed E-state index contributed by atoms with van der Waals surface area (Å²) in [6.07, 6.45) is 7.71. The predicted octanol–water partition coefficient (Wildman–Crippen LogP) is 0.804. The Morgan fingerprint density at radius 3 is 2.86 bits per heavy atom. The standard InChI is InChI=1S/C19H25N7O2/c1-25(2)18-20-8-13(9-21-18)17(27)23-15-4-3-6-26(11-15)19-22-10-14-12-28-7-5-16(14)24-19/h8-10,15H,3-7,11-12H2,1-2H3,(H,23,27). The molecule has 148 valence electrons. The first-order valence-corrected chi connectivity index (χ1v) is 9.58. The highest BCUT2D eigenvalue weighted by atomic mass is 16.5. The van der Waals surface area contributed by atoms with E-state index >= 15 is 0 Å². The average molecular weight is 383 g/mol. The van der Waals surface area contributed by atoms with E-state index in [1.54, 1.807) is 17.3 Å². The lowest BCUT2D eigenvalue weighted by molar-refractivity contribution is 0.0932. The van der Waals surface area contributed by atoms with E-state index in [0.717, 1.165) is 43.0 Å². The van der Waals surface area contributed by atoms with Crippen molar-refractivity contribution in [1.29, 1.82) is 0 Å². The Morgan fingerprint density at radius 2 is 2.07 bits per heavy atom. The van der Waals surface area contributed by atoms with Crippen LogP contribution in [0.4, 0.5) is 11.9 Å². The molecule has 1 N–H and O–H groups in total. The van der Waals surface area contributed by atoms with Gasteiger partial charge in [0.1, 0.15) is 0 Å². The van der Waals surface area contributed by atoms with Crippen molar-refractivity contribution in [1.82, 2.24) is 25.3 Å². The van der Waals surface area contributed by atoms with Gasteiger partial charge in [-0.05, 0) is 12.8 Å². The van der Waals surface area contributed by atoms with Gasteiger partial charge < -0.3 is 19.9 Å². The zero-order chi connectivity index (χ0) is 19.5. The van der Waals surface area contributed by atoms with Crippen LogP contribution in [0.25, 0.3) is 0 Å². The molecule has 9 heteroatoms. The maximum atomic E-state index is 12.6. The number of hydrogen-bond donors (Lipinski definition) is 1. The van der Waals surface area contributed by atoms with Crippen molar-refractivity contribution < 1.29 is 9.53 Å². The molecule has 0 spiro atoms. The summed E-state index contributed by atoms with van der Waals surface area (Å²) in [6, 6.07) is 0.0396. The van der Waals surface area contributed by atoms with E-state index in [4.69, 9.17) is 9.72 Å². The summed E-state index contributed by atoms with van der Waals surface area (Å²) in [4.78, 5) is 34.2. The monoisotopic (exact) mass is 383 g/mol. The number of nitrogens with zero attached hydrogens (tertiary/aromatic N) is 6. The Labute approximate surface area is 164 Å². The van der Waals surface area contributed by atoms with Crippen molar-refractivity contribution in [3.05, 3.63) is 35.4 Å². The number of ether oxygens (including phenoxy) is 1. The lowest BCUT2D eigenvalue weighted by atomic mass is 10.1. The Bertz CT molecular complexity index is 841. The van der Waals surface area contributed by atoms with Gasteiger partial charge in [-0.2, -0.15) is 0 Å². The molecule has 0 saturated carbocycles. The van der Waals surface area contributed by atoms with Gasteiger partial charge in [0.05, 0.1) is 24.5 Å². The van der Waals surface area contributed by atoms with Crippen LogP contribution in [0.3, 0.4) is 0 Å². The molecule has 1 amide bonds. The van der Waals surface area contributed by atoms with E-state index in [2.05, 4.69) is 25.2 Å². The minimum absolute atomic E-state index is 0.0396. The second-order valence-electron chi connectivity index (χ2n) is 7.37. The molecule has 1 fully saturated rings. The van der Waals surface area contributed by atoms with E-state index in [1.165, 1.54) is 0 Å². The lowest BCUT2D eigenvalue weighted by Crippen LogP contribution is -2.48. The van der Waals surface area contributed by atoms with Crippen LogP contribution in [-0.2, 0) is 17.8 Å². The van der Waals surface area contributed by atoms with Crippen LogP contribution in [-0.4, -0.2) is 65.7 Å². The molecule has 4 rings (SSSR count). The third-order valence-electron chi connectivity index (χ3n) is 5.02. The molecule has 9 nitrogen and oxygen atoms in total. The van der Waals surface area contributed by atoms with E-state index < -0.39 is 0 Å². The topological polar surface area (TPSA) is 96.4 Å². The van der Waals surface area contributed by atoms with Crippen LogP contribution >= 0.6 is 0 Å². The maximum absolute atomic E-state index is 12.6. The molecule has 0 aliphatic carbocycles. The van der Waals surface area contributed by atoms with Crippen LogP contribution in [0.5, 0.6) is 0 Å². The van der Waals surface area contributed by atoms with Gasteiger partial charge >= 0.3 is 0 Å². The van der Waals surface area contributed by atoms with Gasteiger partial charge in [-0.25, -0.2) is 19.9 Å². The predicted molar refractivity (Wildman–Crippen MR) is 104 cm³/mol. The van der Waals surface area contributed by atoms with Crippen molar-refractivity contribution >= 4 is 17.8 Å². The van der Waals surface area contributed by atoms with E-state index in [1.807, 2.05) is 20.3 Å². The van der Waals surface area contributed by atoms with Gasteiger partial charge in [0.2, 0.25) is 11.9 Å². The van der Waals surface area contributed by atoms with Crippen LogP contribution in [0.15, 0.2) is 18.6 Å². The molecule has 1 saturated heterocycles. The Morgan fingerprint density at radius 1 is 1.25 bits per heavy atom. The molecule has 4 heterocycles. The fourth-order valence-corrected chi connectivity index (χ4v) is 3.49. The first-order valence-electron chi connectivity index (χ1n) is 9.58. The quantitative estimate of drug-likeness (QED) is 0.828. The fraction of sp³-hybridized carbons (Fsp3) is 0.526. The number of hydrogen-bond acceptors (Lipinski definition) is 8. The van der Waals surface area contributed by atoms with Crippen LogP contribution < -0.4 is 15.1 Å². The number of carbonyl (C=O) groups excluding carboxylic acids is 1. The van der Waals surface area contributed by atoms with Crippen molar-refractivity contribution in [3.8, 4) is 0 Å². The Kier molecular flexibility index (Phi) is 5.34. The smallest absolute Gasteiger partial charge is 0.254 e. The molecule has 0 radical (unpaired) electrons. The molecule has 2 aliphatic heterocycles. The maximum Gasteiger partial charge on any atom is 0.254 e. The van der Waals surface area contributed by atoms with Gasteiger partial charge in [0, 0.05) is 63.8 Å². The lowest BCUT2D eigenvalue weighted by Gasteiger charge is -2.33. The summed E-state index contributed by atoms with van der Waals surface area (Å²) in [5.74, 6) is 1.16. The second-order valence-corrected chi connectivity index (χ2v) is 7.37. The second kappa shape index (κ2) is 8.05.